The van der Waals surface area contributed by atoms with Crippen molar-refractivity contribution in [3.63, 3.8) is 0 Å². The van der Waals surface area contributed by atoms with E-state index < -0.39 is 10.0 Å². The van der Waals surface area contributed by atoms with Gasteiger partial charge < -0.3 is 0 Å². The lowest BCUT2D eigenvalue weighted by atomic mass is 10.1. The molecule has 0 amide bonds. The first-order chi connectivity index (χ1) is 14.5. The molecule has 8 heteroatoms. The van der Waals surface area contributed by atoms with Gasteiger partial charge >= 0.3 is 4.87 Å². The van der Waals surface area contributed by atoms with Crippen LogP contribution in [-0.2, 0) is 29.7 Å². The average molecular weight is 446 g/mol. The second kappa shape index (κ2) is 9.01. The quantitative estimate of drug-likeness (QED) is 0.604. The first-order valence-electron chi connectivity index (χ1n) is 10.4. The summed E-state index contributed by atoms with van der Waals surface area (Å²) >= 11 is 1.08. The van der Waals surface area contributed by atoms with Crippen molar-refractivity contribution in [2.45, 2.75) is 50.7 Å². The van der Waals surface area contributed by atoms with E-state index in [1.165, 1.54) is 19.3 Å². The van der Waals surface area contributed by atoms with Crippen molar-refractivity contribution in [1.82, 2.24) is 14.2 Å². The molecule has 1 aromatic heterocycles. The van der Waals surface area contributed by atoms with E-state index in [0.717, 1.165) is 47.6 Å². The summed E-state index contributed by atoms with van der Waals surface area (Å²) in [6.45, 7) is 5.76. The predicted molar refractivity (Wildman–Crippen MR) is 121 cm³/mol. The summed E-state index contributed by atoms with van der Waals surface area (Å²) in [6, 6.07) is 12.9. The number of nitrogens with one attached hydrogen (secondary N) is 1. The lowest BCUT2D eigenvalue weighted by molar-refractivity contribution is 0.220. The van der Waals surface area contributed by atoms with Gasteiger partial charge in [-0.3, -0.25) is 14.3 Å². The minimum Gasteiger partial charge on any atom is -0.299 e. The SMILES string of the molecule is CCn1c(=O)sc2cc(S(=O)(=O)NCc3ccccc3CN3CCCCC3)ccc21. The third kappa shape index (κ3) is 4.51. The third-order valence-electron chi connectivity index (χ3n) is 5.68. The van der Waals surface area contributed by atoms with Crippen LogP contribution in [0.25, 0.3) is 10.2 Å². The first kappa shape index (κ1) is 21.2. The number of sulfonamides is 1. The zero-order valence-corrected chi connectivity index (χ0v) is 18.8. The molecule has 0 saturated carbocycles. The Bertz CT molecular complexity index is 1190. The fourth-order valence-corrected chi connectivity index (χ4v) is 6.11. The van der Waals surface area contributed by atoms with E-state index in [0.29, 0.717) is 11.2 Å². The number of rotatable bonds is 7. The number of aryl methyl sites for hydroxylation is 1. The fourth-order valence-electron chi connectivity index (χ4n) is 4.01. The fraction of sp³-hybridized carbons (Fsp3) is 0.409. The van der Waals surface area contributed by atoms with Crippen LogP contribution in [-0.4, -0.2) is 31.0 Å². The summed E-state index contributed by atoms with van der Waals surface area (Å²) in [7, 11) is -3.68. The Morgan fingerprint density at radius 2 is 1.77 bits per heavy atom. The lowest BCUT2D eigenvalue weighted by Crippen LogP contribution is -2.30. The van der Waals surface area contributed by atoms with Crippen molar-refractivity contribution in [2.24, 2.45) is 0 Å². The number of piperidine rings is 1. The average Bonchev–Trinajstić information content (AvgIpc) is 3.08. The van der Waals surface area contributed by atoms with Crippen molar-refractivity contribution in [2.75, 3.05) is 13.1 Å². The van der Waals surface area contributed by atoms with Gasteiger partial charge in [-0.1, -0.05) is 42.0 Å². The minimum absolute atomic E-state index is 0.0679. The van der Waals surface area contributed by atoms with Gasteiger partial charge in [-0.2, -0.15) is 0 Å². The number of nitrogens with zero attached hydrogens (tertiary/aromatic N) is 2. The molecule has 6 nitrogen and oxygen atoms in total. The molecule has 0 aliphatic carbocycles. The molecule has 0 unspecified atom stereocenters. The Hall–Kier alpha value is -2.00. The molecule has 2 aromatic carbocycles. The first-order valence-corrected chi connectivity index (χ1v) is 12.7. The maximum Gasteiger partial charge on any atom is 0.308 e. The van der Waals surface area contributed by atoms with Crippen LogP contribution in [0.5, 0.6) is 0 Å². The molecule has 1 aliphatic rings. The molecule has 3 aromatic rings. The highest BCUT2D eigenvalue weighted by molar-refractivity contribution is 7.89. The monoisotopic (exact) mass is 445 g/mol. The van der Waals surface area contributed by atoms with Crippen molar-refractivity contribution >= 4 is 31.6 Å². The van der Waals surface area contributed by atoms with E-state index in [1.54, 1.807) is 22.8 Å². The Kier molecular flexibility index (Phi) is 6.38. The number of aromatic nitrogens is 1. The number of hydrogen-bond acceptors (Lipinski definition) is 5. The Morgan fingerprint density at radius 3 is 2.50 bits per heavy atom. The number of hydrogen-bond donors (Lipinski definition) is 1. The number of benzene rings is 2. The molecule has 1 aliphatic heterocycles. The van der Waals surface area contributed by atoms with Crippen molar-refractivity contribution in [3.05, 3.63) is 63.3 Å². The van der Waals surface area contributed by atoms with Gasteiger partial charge in [0.05, 0.1) is 15.1 Å². The standard InChI is InChI=1S/C22H27N3O3S2/c1-2-25-20-11-10-19(14-21(20)29-22(25)26)30(27,28)23-15-17-8-4-5-9-18(17)16-24-12-6-3-7-13-24/h4-5,8-11,14,23H,2-3,6-7,12-13,15-16H2,1H3. The molecular formula is C22H27N3O3S2. The second-order valence-electron chi connectivity index (χ2n) is 7.67. The van der Waals surface area contributed by atoms with Gasteiger partial charge in [-0.15, -0.1) is 0 Å². The van der Waals surface area contributed by atoms with Crippen LogP contribution in [0.3, 0.4) is 0 Å². The van der Waals surface area contributed by atoms with E-state index in [-0.39, 0.29) is 16.3 Å². The summed E-state index contributed by atoms with van der Waals surface area (Å²) in [5.74, 6) is 0. The normalized spacial score (nSPS) is 15.6. The highest BCUT2D eigenvalue weighted by Crippen LogP contribution is 2.22. The molecule has 0 bridgehead atoms. The highest BCUT2D eigenvalue weighted by atomic mass is 32.2. The topological polar surface area (TPSA) is 71.4 Å². The molecule has 0 spiro atoms. The van der Waals surface area contributed by atoms with E-state index in [4.69, 9.17) is 0 Å². The molecule has 1 N–H and O–H groups in total. The zero-order valence-electron chi connectivity index (χ0n) is 17.1. The summed E-state index contributed by atoms with van der Waals surface area (Å²) in [5.41, 5.74) is 2.93. The maximum atomic E-state index is 12.9. The van der Waals surface area contributed by atoms with Gasteiger partial charge in [-0.25, -0.2) is 13.1 Å². The number of fused-ring (bicyclic) bond motifs is 1. The molecule has 4 rings (SSSR count). The maximum absolute atomic E-state index is 12.9. The molecule has 30 heavy (non-hydrogen) atoms. The highest BCUT2D eigenvalue weighted by Gasteiger charge is 2.18. The van der Waals surface area contributed by atoms with Crippen LogP contribution in [0.1, 0.15) is 37.3 Å². The molecule has 1 saturated heterocycles. The van der Waals surface area contributed by atoms with Crippen LogP contribution >= 0.6 is 11.3 Å². The van der Waals surface area contributed by atoms with Crippen molar-refractivity contribution in [3.8, 4) is 0 Å². The zero-order chi connectivity index (χ0) is 21.1. The predicted octanol–water partition coefficient (Wildman–Crippen LogP) is 3.55. The molecule has 1 fully saturated rings. The van der Waals surface area contributed by atoms with Gasteiger partial charge in [0.15, 0.2) is 0 Å². The molecule has 0 atom stereocenters. The van der Waals surface area contributed by atoms with Crippen LogP contribution in [0.4, 0.5) is 0 Å². The number of thiazole rings is 1. The van der Waals surface area contributed by atoms with Gasteiger partial charge in [0, 0.05) is 19.6 Å². The molecule has 2 heterocycles. The summed E-state index contributed by atoms with van der Waals surface area (Å²) in [6.07, 6.45) is 3.74. The lowest BCUT2D eigenvalue weighted by Gasteiger charge is -2.27. The minimum atomic E-state index is -3.68. The Morgan fingerprint density at radius 1 is 1.03 bits per heavy atom. The van der Waals surface area contributed by atoms with Gasteiger partial charge in [-0.05, 0) is 62.2 Å². The van der Waals surface area contributed by atoms with E-state index >= 15 is 0 Å². The third-order valence-corrected chi connectivity index (χ3v) is 8.02. The van der Waals surface area contributed by atoms with Crippen LogP contribution < -0.4 is 9.60 Å². The van der Waals surface area contributed by atoms with Crippen LogP contribution in [0, 0.1) is 0 Å². The largest absolute Gasteiger partial charge is 0.308 e. The van der Waals surface area contributed by atoms with E-state index in [9.17, 15) is 13.2 Å². The smallest absolute Gasteiger partial charge is 0.299 e. The van der Waals surface area contributed by atoms with Gasteiger partial charge in [0.25, 0.3) is 0 Å². The van der Waals surface area contributed by atoms with Gasteiger partial charge in [0.2, 0.25) is 10.0 Å². The van der Waals surface area contributed by atoms with Crippen LogP contribution in [0.15, 0.2) is 52.2 Å². The summed E-state index contributed by atoms with van der Waals surface area (Å²) in [5, 5.41) is 0. The van der Waals surface area contributed by atoms with E-state index in [2.05, 4.69) is 15.7 Å². The summed E-state index contributed by atoms with van der Waals surface area (Å²) in [4.78, 5) is 14.6. The van der Waals surface area contributed by atoms with E-state index in [1.807, 2.05) is 25.1 Å². The van der Waals surface area contributed by atoms with Crippen molar-refractivity contribution in [1.29, 1.82) is 0 Å². The van der Waals surface area contributed by atoms with Crippen LogP contribution in [0.2, 0.25) is 0 Å². The molecule has 160 valence electrons. The summed E-state index contributed by atoms with van der Waals surface area (Å²) < 4.78 is 30.9. The molecular weight excluding hydrogens is 418 g/mol. The second-order valence-corrected chi connectivity index (χ2v) is 10.4. The number of likely N-dealkylation sites (tertiary alicyclic amines) is 1. The van der Waals surface area contributed by atoms with Gasteiger partial charge in [0.1, 0.15) is 0 Å². The molecule has 0 radical (unpaired) electrons. The Labute approximate surface area is 181 Å². The Balaban J connectivity index is 1.52. The van der Waals surface area contributed by atoms with Crippen molar-refractivity contribution < 1.29 is 8.42 Å².